The van der Waals surface area contributed by atoms with Crippen molar-refractivity contribution >= 4 is 0 Å². The third-order valence-electron chi connectivity index (χ3n) is 5.70. The number of fused-ring (bicyclic) bond motifs is 4. The molecular formula is C17H25N. The van der Waals surface area contributed by atoms with Crippen molar-refractivity contribution in [3.05, 3.63) is 35.4 Å². The van der Waals surface area contributed by atoms with E-state index in [0.717, 1.165) is 12.0 Å². The van der Waals surface area contributed by atoms with Crippen LogP contribution < -0.4 is 0 Å². The van der Waals surface area contributed by atoms with E-state index in [9.17, 15) is 0 Å². The highest BCUT2D eigenvalue weighted by molar-refractivity contribution is 5.40. The van der Waals surface area contributed by atoms with Gasteiger partial charge in [-0.15, -0.1) is 0 Å². The van der Waals surface area contributed by atoms with Gasteiger partial charge in [0.05, 0.1) is 0 Å². The second kappa shape index (κ2) is 4.38. The van der Waals surface area contributed by atoms with Crippen molar-refractivity contribution in [2.75, 3.05) is 13.6 Å². The summed E-state index contributed by atoms with van der Waals surface area (Å²) in [4.78, 5) is 2.61. The minimum atomic E-state index is 0.459. The third kappa shape index (κ3) is 1.50. The van der Waals surface area contributed by atoms with Gasteiger partial charge in [-0.3, -0.25) is 0 Å². The number of benzene rings is 1. The van der Waals surface area contributed by atoms with Crippen LogP contribution in [0.2, 0.25) is 0 Å². The molecule has 0 saturated carbocycles. The van der Waals surface area contributed by atoms with Gasteiger partial charge >= 0.3 is 0 Å². The first kappa shape index (κ1) is 12.2. The Morgan fingerprint density at radius 3 is 2.78 bits per heavy atom. The van der Waals surface area contributed by atoms with Crippen LogP contribution in [0.15, 0.2) is 24.3 Å². The Kier molecular flexibility index (Phi) is 2.97. The van der Waals surface area contributed by atoms with Crippen molar-refractivity contribution < 1.29 is 0 Å². The predicted molar refractivity (Wildman–Crippen MR) is 76.9 cm³/mol. The van der Waals surface area contributed by atoms with Crippen molar-refractivity contribution in [1.82, 2.24) is 4.90 Å². The van der Waals surface area contributed by atoms with Crippen molar-refractivity contribution in [1.29, 1.82) is 0 Å². The first-order valence-electron chi connectivity index (χ1n) is 7.51. The van der Waals surface area contributed by atoms with Crippen molar-refractivity contribution in [2.45, 2.75) is 51.0 Å². The normalized spacial score (nSPS) is 35.3. The first-order chi connectivity index (χ1) is 8.73. The van der Waals surface area contributed by atoms with Gasteiger partial charge in [-0.25, -0.2) is 0 Å². The van der Waals surface area contributed by atoms with Crippen LogP contribution in [0.1, 0.15) is 44.2 Å². The summed E-state index contributed by atoms with van der Waals surface area (Å²) in [6, 6.07) is 9.98. The Morgan fingerprint density at radius 1 is 1.28 bits per heavy atom. The predicted octanol–water partition coefficient (Wildman–Crippen LogP) is 3.62. The van der Waals surface area contributed by atoms with E-state index < -0.39 is 0 Å². The van der Waals surface area contributed by atoms with Crippen LogP contribution in [0.25, 0.3) is 0 Å². The largest absolute Gasteiger partial charge is 0.303 e. The lowest BCUT2D eigenvalue weighted by molar-refractivity contribution is 0.0259. The Balaban J connectivity index is 2.16. The number of rotatable bonds is 2. The maximum Gasteiger partial charge on any atom is 0.0169 e. The summed E-state index contributed by atoms with van der Waals surface area (Å²) in [5, 5.41) is 0. The van der Waals surface area contributed by atoms with Crippen molar-refractivity contribution in [2.24, 2.45) is 5.92 Å². The molecule has 1 nitrogen and oxygen atoms in total. The zero-order valence-corrected chi connectivity index (χ0v) is 11.9. The van der Waals surface area contributed by atoms with E-state index in [1.807, 2.05) is 0 Å². The summed E-state index contributed by atoms with van der Waals surface area (Å²) in [6.07, 6.45) is 5.21. The maximum atomic E-state index is 2.61. The van der Waals surface area contributed by atoms with Gasteiger partial charge in [-0.2, -0.15) is 0 Å². The fourth-order valence-corrected chi connectivity index (χ4v) is 4.74. The Labute approximate surface area is 111 Å². The van der Waals surface area contributed by atoms with E-state index in [2.05, 4.69) is 50.1 Å². The molecule has 3 rings (SSSR count). The van der Waals surface area contributed by atoms with Gasteiger partial charge in [-0.05, 0) is 49.9 Å². The molecule has 18 heavy (non-hydrogen) atoms. The standard InChI is InChI=1S/C17H25N/c1-4-14-16-12-13-8-6-7-9-15(13)17(14,5-2)10-11-18(16)3/h6-9,14,16H,4-5,10-12H2,1-3H3/t14-,16-,17+/m1/s1. The van der Waals surface area contributed by atoms with Crippen molar-refractivity contribution in [3.63, 3.8) is 0 Å². The minimum Gasteiger partial charge on any atom is -0.303 e. The third-order valence-corrected chi connectivity index (χ3v) is 5.70. The van der Waals surface area contributed by atoms with Gasteiger partial charge in [0, 0.05) is 11.5 Å². The molecule has 0 aromatic heterocycles. The second-order valence-electron chi connectivity index (χ2n) is 6.18. The van der Waals surface area contributed by atoms with Crippen LogP contribution in [0.4, 0.5) is 0 Å². The number of hydrogen-bond donors (Lipinski definition) is 0. The Hall–Kier alpha value is -0.820. The average Bonchev–Trinajstić information content (AvgIpc) is 2.42. The van der Waals surface area contributed by atoms with Gasteiger partial charge in [0.2, 0.25) is 0 Å². The van der Waals surface area contributed by atoms with Crippen LogP contribution in [0.3, 0.4) is 0 Å². The van der Waals surface area contributed by atoms with Crippen LogP contribution >= 0.6 is 0 Å². The maximum absolute atomic E-state index is 2.61. The van der Waals surface area contributed by atoms with Gasteiger partial charge < -0.3 is 4.90 Å². The van der Waals surface area contributed by atoms with E-state index in [-0.39, 0.29) is 0 Å². The highest BCUT2D eigenvalue weighted by Crippen LogP contribution is 2.51. The van der Waals surface area contributed by atoms with Gasteiger partial charge in [0.25, 0.3) is 0 Å². The molecule has 1 heteroatoms. The molecule has 1 aromatic rings. The molecule has 1 heterocycles. The molecule has 2 bridgehead atoms. The summed E-state index contributed by atoms with van der Waals surface area (Å²) in [6.45, 7) is 6.05. The molecular weight excluding hydrogens is 218 g/mol. The van der Waals surface area contributed by atoms with Gasteiger partial charge in [0.15, 0.2) is 0 Å². The summed E-state index contributed by atoms with van der Waals surface area (Å²) < 4.78 is 0. The van der Waals surface area contributed by atoms with E-state index in [4.69, 9.17) is 0 Å². The SMILES string of the molecule is CC[C@@H]1[C@H]2Cc3ccccc3[C@@]1(CC)CCN2C. The average molecular weight is 243 g/mol. The number of nitrogens with zero attached hydrogens (tertiary/aromatic N) is 1. The zero-order chi connectivity index (χ0) is 12.8. The molecule has 0 amide bonds. The Bertz CT molecular complexity index is 439. The van der Waals surface area contributed by atoms with Gasteiger partial charge in [0.1, 0.15) is 0 Å². The molecule has 1 aromatic carbocycles. The van der Waals surface area contributed by atoms with E-state index in [0.29, 0.717) is 5.41 Å². The van der Waals surface area contributed by atoms with Crippen molar-refractivity contribution in [3.8, 4) is 0 Å². The number of piperidine rings is 1. The van der Waals surface area contributed by atoms with E-state index in [1.54, 1.807) is 11.1 Å². The topological polar surface area (TPSA) is 3.24 Å². The van der Waals surface area contributed by atoms with E-state index >= 15 is 0 Å². The van der Waals surface area contributed by atoms with E-state index in [1.165, 1.54) is 32.2 Å². The lowest BCUT2D eigenvalue weighted by atomic mass is 9.55. The molecule has 98 valence electrons. The molecule has 1 aliphatic heterocycles. The quantitative estimate of drug-likeness (QED) is 0.767. The number of likely N-dealkylation sites (N-methyl/N-ethyl adjacent to an activating group) is 1. The molecule has 1 aliphatic carbocycles. The summed E-state index contributed by atoms with van der Waals surface area (Å²) >= 11 is 0. The van der Waals surface area contributed by atoms with Gasteiger partial charge in [-0.1, -0.05) is 44.5 Å². The highest BCUT2D eigenvalue weighted by Gasteiger charge is 2.50. The number of likely N-dealkylation sites (tertiary alicyclic amines) is 1. The van der Waals surface area contributed by atoms with Crippen LogP contribution in [0, 0.1) is 5.92 Å². The van der Waals surface area contributed by atoms with Crippen LogP contribution in [0.5, 0.6) is 0 Å². The minimum absolute atomic E-state index is 0.459. The fraction of sp³-hybridized carbons (Fsp3) is 0.647. The zero-order valence-electron chi connectivity index (χ0n) is 11.9. The summed E-state index contributed by atoms with van der Waals surface area (Å²) in [7, 11) is 2.32. The molecule has 1 saturated heterocycles. The Morgan fingerprint density at radius 2 is 2.06 bits per heavy atom. The second-order valence-corrected chi connectivity index (χ2v) is 6.18. The highest BCUT2D eigenvalue weighted by atomic mass is 15.1. The van der Waals surface area contributed by atoms with Crippen LogP contribution in [-0.2, 0) is 11.8 Å². The molecule has 0 unspecified atom stereocenters. The fourth-order valence-electron chi connectivity index (χ4n) is 4.74. The number of hydrogen-bond acceptors (Lipinski definition) is 1. The molecule has 0 spiro atoms. The lowest BCUT2D eigenvalue weighted by Crippen LogP contribution is -2.58. The van der Waals surface area contributed by atoms with Crippen LogP contribution in [-0.4, -0.2) is 24.5 Å². The first-order valence-corrected chi connectivity index (χ1v) is 7.51. The summed E-state index contributed by atoms with van der Waals surface area (Å²) in [5.74, 6) is 0.844. The lowest BCUT2D eigenvalue weighted by Gasteiger charge is -2.56. The molecule has 3 atom stereocenters. The summed E-state index contributed by atoms with van der Waals surface area (Å²) in [5.41, 5.74) is 3.74. The molecule has 1 fully saturated rings. The molecule has 0 N–H and O–H groups in total. The molecule has 2 aliphatic rings. The molecule has 0 radical (unpaired) electrons. The monoisotopic (exact) mass is 243 g/mol. The smallest absolute Gasteiger partial charge is 0.0169 e.